The molecule has 0 saturated carbocycles. The van der Waals surface area contributed by atoms with Gasteiger partial charge in [0.05, 0.1) is 48.6 Å². The van der Waals surface area contributed by atoms with Crippen LogP contribution in [0.5, 0.6) is 11.5 Å². The lowest BCUT2D eigenvalue weighted by Gasteiger charge is -2.47. The zero-order chi connectivity index (χ0) is 35.0. The van der Waals surface area contributed by atoms with Gasteiger partial charge in [-0.15, -0.1) is 0 Å². The molecule has 3 aromatic carbocycles. The Kier molecular flexibility index (Phi) is 8.84. The van der Waals surface area contributed by atoms with Gasteiger partial charge in [0.2, 0.25) is 0 Å². The Morgan fingerprint density at radius 2 is 1.72 bits per heavy atom. The first kappa shape index (κ1) is 33.3. The molecule has 50 heavy (non-hydrogen) atoms. The Morgan fingerprint density at radius 1 is 0.920 bits per heavy atom. The number of rotatable bonds is 9. The van der Waals surface area contributed by atoms with Crippen LogP contribution in [0.3, 0.4) is 0 Å². The van der Waals surface area contributed by atoms with Gasteiger partial charge in [0.15, 0.2) is 0 Å². The molecular weight excluding hydrogens is 649 g/mol. The number of methoxy groups -OCH3 is 1. The van der Waals surface area contributed by atoms with Gasteiger partial charge >= 0.3 is 0 Å². The van der Waals surface area contributed by atoms with Crippen molar-refractivity contribution in [2.24, 2.45) is 0 Å². The monoisotopic (exact) mass is 688 g/mol. The van der Waals surface area contributed by atoms with Crippen LogP contribution in [0.2, 0.25) is 0 Å². The number of piperazine rings is 1. The van der Waals surface area contributed by atoms with E-state index < -0.39 is 15.6 Å². The quantitative estimate of drug-likeness (QED) is 0.176. The average molecular weight is 689 g/mol. The highest BCUT2D eigenvalue weighted by Crippen LogP contribution is 2.53. The number of nitrogens with zero attached hydrogens (tertiary/aromatic N) is 6. The van der Waals surface area contributed by atoms with Crippen LogP contribution in [0.25, 0.3) is 10.9 Å². The van der Waals surface area contributed by atoms with Crippen LogP contribution in [0, 0.1) is 11.3 Å². The van der Waals surface area contributed by atoms with E-state index in [-0.39, 0.29) is 11.4 Å². The van der Waals surface area contributed by atoms with Crippen molar-refractivity contribution in [2.75, 3.05) is 55.6 Å². The smallest absolute Gasteiger partial charge is 0.266 e. The summed E-state index contributed by atoms with van der Waals surface area (Å²) in [6, 6.07) is 26.4. The third-order valence-corrected chi connectivity index (χ3v) is 11.6. The maximum absolute atomic E-state index is 15.0. The number of pyridine rings is 2. The second kappa shape index (κ2) is 13.3. The molecule has 1 fully saturated rings. The predicted molar refractivity (Wildman–Crippen MR) is 194 cm³/mol. The van der Waals surface area contributed by atoms with Gasteiger partial charge in [0, 0.05) is 66.5 Å². The van der Waals surface area contributed by atoms with E-state index in [1.54, 1.807) is 43.6 Å². The molecule has 0 bridgehead atoms. The predicted octanol–water partition coefficient (Wildman–Crippen LogP) is 6.31. The average Bonchev–Trinajstić information content (AvgIpc) is 3.51. The molecule has 0 spiro atoms. The molecule has 2 aromatic heterocycles. The van der Waals surface area contributed by atoms with Gasteiger partial charge in [0.25, 0.3) is 10.0 Å². The summed E-state index contributed by atoms with van der Waals surface area (Å²) in [6.07, 6.45) is 3.48. The van der Waals surface area contributed by atoms with Crippen LogP contribution < -0.4 is 18.7 Å². The maximum atomic E-state index is 15.0. The second-order valence-corrected chi connectivity index (χ2v) is 14.7. The van der Waals surface area contributed by atoms with Crippen molar-refractivity contribution in [3.8, 4) is 17.6 Å². The van der Waals surface area contributed by atoms with E-state index >= 15 is 0 Å². The Morgan fingerprint density at radius 3 is 2.46 bits per heavy atom. The first-order valence-corrected chi connectivity index (χ1v) is 18.3. The summed E-state index contributed by atoms with van der Waals surface area (Å²) in [5.74, 6) is 1.56. The minimum Gasteiger partial charge on any atom is -0.497 e. The molecule has 256 valence electrons. The standard InChI is InChI=1S/C39H40N6O4S/c1-5-49-36-14-12-31(48-4)24-33(36)39(44-20-18-43(19-21-44)30-15-17-41-34(23-30)27(2)3)26-45(35-13-11-28(25-40)22-32(35)39)50(46,47)37-10-6-8-29-9-7-16-42-38(29)37/h6-17,22-24,27H,5,18-21,26H2,1-4H3. The fraction of sp³-hybridized carbons (Fsp3) is 0.308. The van der Waals surface area contributed by atoms with E-state index in [1.807, 2.05) is 55.6 Å². The van der Waals surface area contributed by atoms with Gasteiger partial charge in [-0.3, -0.25) is 19.2 Å². The Hall–Kier alpha value is -5.18. The SMILES string of the molecule is CCOc1ccc(OC)cc1C1(N2CCN(c3ccnc(C(C)C)c3)CC2)CN(S(=O)(=O)c2cccc3cccnc23)c2ccc(C#N)cc21. The van der Waals surface area contributed by atoms with Crippen molar-refractivity contribution >= 4 is 32.3 Å². The molecule has 2 aliphatic rings. The van der Waals surface area contributed by atoms with Crippen LogP contribution in [0.15, 0.2) is 96.2 Å². The molecule has 7 rings (SSSR count). The molecule has 1 saturated heterocycles. The Labute approximate surface area is 293 Å². The Balaban J connectivity index is 1.41. The van der Waals surface area contributed by atoms with Gasteiger partial charge in [-0.05, 0) is 73.5 Å². The number of anilines is 2. The fourth-order valence-electron chi connectivity index (χ4n) is 7.36. The fourth-order valence-corrected chi connectivity index (χ4v) is 9.03. The number of nitriles is 1. The van der Waals surface area contributed by atoms with Crippen molar-refractivity contribution in [1.82, 2.24) is 14.9 Å². The summed E-state index contributed by atoms with van der Waals surface area (Å²) in [7, 11) is -2.53. The molecule has 0 radical (unpaired) electrons. The molecule has 0 aliphatic carbocycles. The van der Waals surface area contributed by atoms with Crippen molar-refractivity contribution in [2.45, 2.75) is 37.1 Å². The largest absolute Gasteiger partial charge is 0.497 e. The number of sulfonamides is 1. The molecular formula is C39H40N6O4S. The van der Waals surface area contributed by atoms with E-state index in [0.29, 0.717) is 67.0 Å². The van der Waals surface area contributed by atoms with E-state index in [9.17, 15) is 13.7 Å². The lowest BCUT2D eigenvalue weighted by atomic mass is 9.81. The molecule has 5 aromatic rings. The van der Waals surface area contributed by atoms with Crippen LogP contribution in [-0.2, 0) is 15.6 Å². The number of hydrogen-bond donors (Lipinski definition) is 0. The number of fused-ring (bicyclic) bond motifs is 2. The highest BCUT2D eigenvalue weighted by molar-refractivity contribution is 7.93. The van der Waals surface area contributed by atoms with Crippen molar-refractivity contribution in [3.05, 3.63) is 114 Å². The summed E-state index contributed by atoms with van der Waals surface area (Å²) in [5.41, 5.74) is 3.99. The molecule has 10 nitrogen and oxygen atoms in total. The molecule has 2 aliphatic heterocycles. The topological polar surface area (TPSA) is 112 Å². The number of hydrogen-bond acceptors (Lipinski definition) is 9. The van der Waals surface area contributed by atoms with Crippen LogP contribution >= 0.6 is 0 Å². The molecule has 1 unspecified atom stereocenters. The lowest BCUT2D eigenvalue weighted by Crippen LogP contribution is -2.58. The zero-order valence-corrected chi connectivity index (χ0v) is 29.5. The highest BCUT2D eigenvalue weighted by Gasteiger charge is 2.54. The van der Waals surface area contributed by atoms with Crippen molar-refractivity contribution < 1.29 is 17.9 Å². The third kappa shape index (κ3) is 5.58. The maximum Gasteiger partial charge on any atom is 0.266 e. The highest BCUT2D eigenvalue weighted by atomic mass is 32.2. The third-order valence-electron chi connectivity index (χ3n) is 9.85. The van der Waals surface area contributed by atoms with Crippen LogP contribution in [-0.4, -0.2) is 69.7 Å². The summed E-state index contributed by atoms with van der Waals surface area (Å²) < 4.78 is 43.4. The first-order chi connectivity index (χ1) is 24.2. The minimum atomic E-state index is -4.15. The summed E-state index contributed by atoms with van der Waals surface area (Å²) >= 11 is 0. The van der Waals surface area contributed by atoms with Crippen LogP contribution in [0.4, 0.5) is 11.4 Å². The minimum absolute atomic E-state index is 0.0583. The lowest BCUT2D eigenvalue weighted by molar-refractivity contribution is 0.124. The molecule has 11 heteroatoms. The van der Waals surface area contributed by atoms with Gasteiger partial charge in [0.1, 0.15) is 16.4 Å². The summed E-state index contributed by atoms with van der Waals surface area (Å²) in [4.78, 5) is 13.9. The van der Waals surface area contributed by atoms with Gasteiger partial charge in [-0.25, -0.2) is 8.42 Å². The van der Waals surface area contributed by atoms with Crippen molar-refractivity contribution in [3.63, 3.8) is 0 Å². The molecule has 0 amide bonds. The summed E-state index contributed by atoms with van der Waals surface area (Å²) in [6.45, 7) is 9.30. The molecule has 4 heterocycles. The number of benzene rings is 3. The van der Waals surface area contributed by atoms with Crippen LogP contribution in [0.1, 0.15) is 49.1 Å². The number of para-hydroxylation sites is 1. The number of ether oxygens (including phenoxy) is 2. The van der Waals surface area contributed by atoms with Gasteiger partial charge in [-0.2, -0.15) is 5.26 Å². The summed E-state index contributed by atoms with van der Waals surface area (Å²) in [5, 5.41) is 10.9. The second-order valence-electron chi connectivity index (χ2n) is 12.9. The van der Waals surface area contributed by atoms with Gasteiger partial charge < -0.3 is 14.4 Å². The van der Waals surface area contributed by atoms with E-state index in [4.69, 9.17) is 9.47 Å². The zero-order valence-electron chi connectivity index (χ0n) is 28.7. The molecule has 1 atom stereocenters. The van der Waals surface area contributed by atoms with E-state index in [2.05, 4.69) is 45.8 Å². The van der Waals surface area contributed by atoms with E-state index in [1.165, 1.54) is 4.31 Å². The Bertz CT molecular complexity index is 2210. The number of aromatic nitrogens is 2. The van der Waals surface area contributed by atoms with E-state index in [0.717, 1.165) is 27.9 Å². The van der Waals surface area contributed by atoms with Crippen molar-refractivity contribution in [1.29, 1.82) is 5.26 Å². The first-order valence-electron chi connectivity index (χ1n) is 16.9. The molecule has 0 N–H and O–H groups in total. The normalized spacial score (nSPS) is 17.9. The van der Waals surface area contributed by atoms with Gasteiger partial charge in [-0.1, -0.05) is 32.0 Å².